The summed E-state index contributed by atoms with van der Waals surface area (Å²) in [6, 6.07) is 15.9. The summed E-state index contributed by atoms with van der Waals surface area (Å²) in [4.78, 5) is 34.3. The summed E-state index contributed by atoms with van der Waals surface area (Å²) in [6.07, 6.45) is 2.47. The molecular weight excluding hydrogens is 460 g/mol. The Labute approximate surface area is 210 Å². The van der Waals surface area contributed by atoms with Gasteiger partial charge in [0.15, 0.2) is 0 Å². The molecule has 0 bridgehead atoms. The maximum absolute atomic E-state index is 12.9. The van der Waals surface area contributed by atoms with Crippen molar-refractivity contribution in [1.82, 2.24) is 9.88 Å². The molecule has 0 radical (unpaired) electrons. The molecular formula is C27H30N4O5. The second-order valence-electron chi connectivity index (χ2n) is 8.29. The Morgan fingerprint density at radius 1 is 0.833 bits per heavy atom. The van der Waals surface area contributed by atoms with E-state index >= 15 is 0 Å². The smallest absolute Gasteiger partial charge is 0.259 e. The highest BCUT2D eigenvalue weighted by Gasteiger charge is 2.21. The molecule has 1 aromatic heterocycles. The third-order valence-corrected chi connectivity index (χ3v) is 6.10. The predicted octanol–water partition coefficient (Wildman–Crippen LogP) is 3.71. The molecule has 0 spiro atoms. The van der Waals surface area contributed by atoms with E-state index in [1.807, 2.05) is 17.0 Å². The lowest BCUT2D eigenvalue weighted by atomic mass is 10.1. The number of anilines is 2. The van der Waals surface area contributed by atoms with Crippen molar-refractivity contribution in [1.29, 1.82) is 0 Å². The van der Waals surface area contributed by atoms with Crippen LogP contribution in [0.3, 0.4) is 0 Å². The van der Waals surface area contributed by atoms with E-state index in [2.05, 4.69) is 15.2 Å². The highest BCUT2D eigenvalue weighted by atomic mass is 16.5. The number of rotatable bonds is 7. The molecule has 9 nitrogen and oxygen atoms in total. The molecule has 1 N–H and O–H groups in total. The minimum atomic E-state index is -0.300. The third kappa shape index (κ3) is 5.68. The SMILES string of the molecule is COc1ccc(C(=O)N2CCCN(c3ccc(NC(=O)c4ccc(OC)cc4OC)cn3)CC2)cc1. The molecule has 0 atom stereocenters. The summed E-state index contributed by atoms with van der Waals surface area (Å²) in [5.41, 5.74) is 1.63. The molecule has 4 rings (SSSR count). The van der Waals surface area contributed by atoms with E-state index in [1.165, 1.54) is 7.11 Å². The zero-order valence-corrected chi connectivity index (χ0v) is 20.7. The molecule has 2 heterocycles. The van der Waals surface area contributed by atoms with E-state index in [9.17, 15) is 9.59 Å². The van der Waals surface area contributed by atoms with Crippen LogP contribution in [0.25, 0.3) is 0 Å². The van der Waals surface area contributed by atoms with Crippen LogP contribution in [0.1, 0.15) is 27.1 Å². The summed E-state index contributed by atoms with van der Waals surface area (Å²) >= 11 is 0. The second kappa shape index (κ2) is 11.4. The lowest BCUT2D eigenvalue weighted by molar-refractivity contribution is 0.0766. The van der Waals surface area contributed by atoms with Gasteiger partial charge in [0.1, 0.15) is 23.1 Å². The lowest BCUT2D eigenvalue weighted by Gasteiger charge is -2.23. The second-order valence-corrected chi connectivity index (χ2v) is 8.29. The van der Waals surface area contributed by atoms with Crippen LogP contribution in [0.5, 0.6) is 17.2 Å². The van der Waals surface area contributed by atoms with Gasteiger partial charge >= 0.3 is 0 Å². The van der Waals surface area contributed by atoms with Gasteiger partial charge in [-0.2, -0.15) is 0 Å². The van der Waals surface area contributed by atoms with Crippen molar-refractivity contribution in [2.75, 3.05) is 57.7 Å². The Balaban J connectivity index is 1.37. The number of aromatic nitrogens is 1. The maximum Gasteiger partial charge on any atom is 0.259 e. The van der Waals surface area contributed by atoms with Gasteiger partial charge in [0.05, 0.1) is 38.8 Å². The molecule has 3 aromatic rings. The standard InChI is InChI=1S/C27H30N4O5/c1-34-21-8-5-19(6-9-21)27(33)31-14-4-13-30(15-16-31)25-12-7-20(18-28-25)29-26(32)23-11-10-22(35-2)17-24(23)36-3/h5-12,17-18H,4,13-16H2,1-3H3,(H,29,32). The van der Waals surface area contributed by atoms with Crippen molar-refractivity contribution in [3.63, 3.8) is 0 Å². The highest BCUT2D eigenvalue weighted by molar-refractivity contribution is 6.06. The fourth-order valence-electron chi connectivity index (χ4n) is 4.10. The first-order valence-electron chi connectivity index (χ1n) is 11.7. The zero-order valence-electron chi connectivity index (χ0n) is 20.7. The van der Waals surface area contributed by atoms with Gasteiger partial charge in [0.25, 0.3) is 11.8 Å². The molecule has 0 unspecified atom stereocenters. The fourth-order valence-corrected chi connectivity index (χ4v) is 4.10. The van der Waals surface area contributed by atoms with E-state index in [-0.39, 0.29) is 11.8 Å². The average Bonchev–Trinajstić information content (AvgIpc) is 3.19. The van der Waals surface area contributed by atoms with Gasteiger partial charge in [-0.25, -0.2) is 4.98 Å². The van der Waals surface area contributed by atoms with Gasteiger partial charge in [-0.05, 0) is 55.0 Å². The van der Waals surface area contributed by atoms with Crippen molar-refractivity contribution in [2.45, 2.75) is 6.42 Å². The van der Waals surface area contributed by atoms with Gasteiger partial charge in [0.2, 0.25) is 0 Å². The summed E-state index contributed by atoms with van der Waals surface area (Å²) in [6.45, 7) is 2.74. The summed E-state index contributed by atoms with van der Waals surface area (Å²) in [5.74, 6) is 2.27. The van der Waals surface area contributed by atoms with Crippen molar-refractivity contribution in [3.05, 3.63) is 71.9 Å². The average molecular weight is 491 g/mol. The van der Waals surface area contributed by atoms with E-state index in [0.29, 0.717) is 47.9 Å². The number of carbonyl (C=O) groups excluding carboxylic acids is 2. The Bertz CT molecular complexity index is 1200. The molecule has 0 aliphatic carbocycles. The molecule has 2 aromatic carbocycles. The first kappa shape index (κ1) is 24.8. The summed E-state index contributed by atoms with van der Waals surface area (Å²) < 4.78 is 15.7. The highest BCUT2D eigenvalue weighted by Crippen LogP contribution is 2.26. The Morgan fingerprint density at radius 2 is 1.58 bits per heavy atom. The monoisotopic (exact) mass is 490 g/mol. The molecule has 1 fully saturated rings. The van der Waals surface area contributed by atoms with Gasteiger partial charge in [-0.3, -0.25) is 9.59 Å². The quantitative estimate of drug-likeness (QED) is 0.540. The normalized spacial score (nSPS) is 13.5. The maximum atomic E-state index is 12.9. The minimum absolute atomic E-state index is 0.0134. The van der Waals surface area contributed by atoms with Gasteiger partial charge in [-0.1, -0.05) is 0 Å². The van der Waals surface area contributed by atoms with Crippen molar-refractivity contribution in [3.8, 4) is 17.2 Å². The molecule has 2 amide bonds. The number of benzene rings is 2. The predicted molar refractivity (Wildman–Crippen MR) is 137 cm³/mol. The first-order valence-corrected chi connectivity index (χ1v) is 11.7. The molecule has 0 saturated carbocycles. The number of methoxy groups -OCH3 is 3. The van der Waals surface area contributed by atoms with Crippen LogP contribution in [-0.4, -0.2) is 69.2 Å². The van der Waals surface area contributed by atoms with E-state index in [1.54, 1.807) is 62.9 Å². The van der Waals surface area contributed by atoms with Gasteiger partial charge in [0, 0.05) is 37.8 Å². The largest absolute Gasteiger partial charge is 0.497 e. The molecule has 9 heteroatoms. The Morgan fingerprint density at radius 3 is 2.25 bits per heavy atom. The summed E-state index contributed by atoms with van der Waals surface area (Å²) in [7, 11) is 4.67. The lowest BCUT2D eigenvalue weighted by Crippen LogP contribution is -2.35. The van der Waals surface area contributed by atoms with Crippen molar-refractivity contribution >= 4 is 23.3 Å². The van der Waals surface area contributed by atoms with Crippen molar-refractivity contribution < 1.29 is 23.8 Å². The van der Waals surface area contributed by atoms with Crippen LogP contribution in [0, 0.1) is 0 Å². The number of nitrogens with zero attached hydrogens (tertiary/aromatic N) is 3. The van der Waals surface area contributed by atoms with E-state index < -0.39 is 0 Å². The third-order valence-electron chi connectivity index (χ3n) is 6.10. The van der Waals surface area contributed by atoms with Gasteiger partial charge < -0.3 is 29.3 Å². The van der Waals surface area contributed by atoms with E-state index in [4.69, 9.17) is 14.2 Å². The van der Waals surface area contributed by atoms with Crippen LogP contribution in [-0.2, 0) is 0 Å². The number of hydrogen-bond donors (Lipinski definition) is 1. The Hall–Kier alpha value is -4.27. The topological polar surface area (TPSA) is 93.2 Å². The van der Waals surface area contributed by atoms with Crippen LogP contribution < -0.4 is 24.4 Å². The fraction of sp³-hybridized carbons (Fsp3) is 0.296. The molecule has 36 heavy (non-hydrogen) atoms. The van der Waals surface area contributed by atoms with Crippen LogP contribution in [0.15, 0.2) is 60.8 Å². The zero-order chi connectivity index (χ0) is 25.5. The van der Waals surface area contributed by atoms with E-state index in [0.717, 1.165) is 24.5 Å². The van der Waals surface area contributed by atoms with Crippen LogP contribution >= 0.6 is 0 Å². The summed E-state index contributed by atoms with van der Waals surface area (Å²) in [5, 5.41) is 2.86. The molecule has 1 aliphatic heterocycles. The minimum Gasteiger partial charge on any atom is -0.497 e. The molecule has 188 valence electrons. The Kier molecular flexibility index (Phi) is 7.89. The number of hydrogen-bond acceptors (Lipinski definition) is 7. The number of amides is 2. The van der Waals surface area contributed by atoms with Crippen LogP contribution in [0.2, 0.25) is 0 Å². The van der Waals surface area contributed by atoms with Crippen molar-refractivity contribution in [2.24, 2.45) is 0 Å². The molecule has 1 aliphatic rings. The van der Waals surface area contributed by atoms with Gasteiger partial charge in [-0.15, -0.1) is 0 Å². The number of pyridine rings is 1. The van der Waals surface area contributed by atoms with Crippen LogP contribution in [0.4, 0.5) is 11.5 Å². The number of carbonyl (C=O) groups is 2. The first-order chi connectivity index (χ1) is 17.5. The number of ether oxygens (including phenoxy) is 3. The number of nitrogens with one attached hydrogen (secondary N) is 1. The molecule has 1 saturated heterocycles.